The van der Waals surface area contributed by atoms with Gasteiger partial charge in [0.1, 0.15) is 23.8 Å². The van der Waals surface area contributed by atoms with E-state index in [9.17, 15) is 19.2 Å². The van der Waals surface area contributed by atoms with Gasteiger partial charge < -0.3 is 38.5 Å². The molecule has 0 bridgehead atoms. The van der Waals surface area contributed by atoms with Crippen molar-refractivity contribution < 1.29 is 19.2 Å². The van der Waals surface area contributed by atoms with E-state index in [1.807, 2.05) is 13.8 Å². The molecule has 2 rings (SSSR count). The zero-order valence-corrected chi connectivity index (χ0v) is 24.9. The number of carbonyl (C=O) groups excluding carboxylic acids is 4. The van der Waals surface area contributed by atoms with E-state index >= 15 is 0 Å². The quantitative estimate of drug-likeness (QED) is 0.0635. The Hall–Kier alpha value is -4.94. The summed E-state index contributed by atoms with van der Waals surface area (Å²) in [6, 6.07) is 13.4. The molecule has 2 aromatic rings. The fraction of sp³-hybridized carbons (Fsp3) is 0.400. The third-order valence-corrected chi connectivity index (χ3v) is 7.18. The summed E-state index contributed by atoms with van der Waals surface area (Å²) in [6.45, 7) is 3.94. The maximum Gasteiger partial charge on any atom is 0.243 e. The molecule has 4 atom stereocenters. The zero-order chi connectivity index (χ0) is 32.1. The molecule has 0 aromatic heterocycles. The molecule has 43 heavy (non-hydrogen) atoms. The molecule has 2 unspecified atom stereocenters. The number of hydrogen-bond acceptors (Lipinski definition) is 6. The van der Waals surface area contributed by atoms with E-state index in [0.717, 1.165) is 0 Å². The molecule has 0 aliphatic rings. The highest BCUT2D eigenvalue weighted by Gasteiger charge is 2.38. The maximum atomic E-state index is 14.0. The number of nitrogens with zero attached hydrogens (tertiary/aromatic N) is 2. The Kier molecular flexibility index (Phi) is 13.1. The van der Waals surface area contributed by atoms with Crippen molar-refractivity contribution in [1.29, 1.82) is 5.41 Å². The molecular formula is C30H43N9O4. The van der Waals surface area contributed by atoms with Crippen LogP contribution in [0.5, 0.6) is 0 Å². The molecule has 4 amide bonds. The number of hydrogen-bond donors (Lipinski definition) is 7. The van der Waals surface area contributed by atoms with Crippen molar-refractivity contribution in [3.8, 4) is 0 Å². The van der Waals surface area contributed by atoms with Crippen LogP contribution in [-0.4, -0.2) is 66.0 Å². The molecule has 2 aromatic carbocycles. The Bertz CT molecular complexity index is 1290. The topological polar surface area (TPSA) is 236 Å². The van der Waals surface area contributed by atoms with Gasteiger partial charge in [0, 0.05) is 24.8 Å². The number of likely N-dealkylation sites (N-methyl/N-ethyl adjacent to an activating group) is 1. The average Bonchev–Trinajstić information content (AvgIpc) is 2.97. The van der Waals surface area contributed by atoms with Gasteiger partial charge in [0.2, 0.25) is 23.6 Å². The minimum absolute atomic E-state index is 0.0313. The highest BCUT2D eigenvalue weighted by Crippen LogP contribution is 2.21. The Balaban J connectivity index is 2.35. The van der Waals surface area contributed by atoms with Crippen molar-refractivity contribution in [2.45, 2.75) is 51.6 Å². The minimum Gasteiger partial charge on any atom is -0.384 e. The van der Waals surface area contributed by atoms with Gasteiger partial charge in [-0.1, -0.05) is 62.7 Å². The van der Waals surface area contributed by atoms with Gasteiger partial charge in [-0.15, -0.1) is 0 Å². The Morgan fingerprint density at radius 1 is 0.953 bits per heavy atom. The van der Waals surface area contributed by atoms with Crippen LogP contribution in [0.1, 0.15) is 44.2 Å². The minimum atomic E-state index is -1.20. The van der Waals surface area contributed by atoms with Crippen LogP contribution in [0.15, 0.2) is 59.6 Å². The number of amides is 4. The Labute approximate surface area is 252 Å². The van der Waals surface area contributed by atoms with E-state index in [2.05, 4.69) is 15.6 Å². The van der Waals surface area contributed by atoms with Gasteiger partial charge >= 0.3 is 0 Å². The largest absolute Gasteiger partial charge is 0.384 e. The van der Waals surface area contributed by atoms with Crippen LogP contribution < -0.4 is 33.6 Å². The van der Waals surface area contributed by atoms with Crippen LogP contribution in [0.3, 0.4) is 0 Å². The average molecular weight is 594 g/mol. The number of nitrogens with one attached hydrogen (secondary N) is 3. The molecule has 0 fully saturated rings. The molecule has 13 heteroatoms. The number of rotatable bonds is 16. The molecule has 0 saturated heterocycles. The molecule has 0 aliphatic heterocycles. The van der Waals surface area contributed by atoms with Crippen molar-refractivity contribution in [1.82, 2.24) is 10.2 Å². The van der Waals surface area contributed by atoms with E-state index in [4.69, 9.17) is 28.3 Å². The van der Waals surface area contributed by atoms with E-state index in [1.165, 1.54) is 11.9 Å². The predicted molar refractivity (Wildman–Crippen MR) is 167 cm³/mol. The standard InChI is InChI=1S/C30H43N9O4/c1-4-18(2)24(28(42)38-23(26(33)40)11-8-16-36-30(34)35)39(3)29(43)22(27(41)37-21-9-6-5-7-10-21)17-19-12-14-20(15-13-19)25(31)32/h5-7,9-10,12-15,18,22-24H,4,8,11,16-17H2,1-3H3,(H3,31,32)(H2,33,40)(H,37,41)(H,38,42)(H4,34,35,36)/t18?,22?,23-,24-/m0/s1. The van der Waals surface area contributed by atoms with E-state index in [1.54, 1.807) is 54.6 Å². The van der Waals surface area contributed by atoms with Crippen molar-refractivity contribution in [3.63, 3.8) is 0 Å². The van der Waals surface area contributed by atoms with Crippen molar-refractivity contribution in [3.05, 3.63) is 65.7 Å². The predicted octanol–water partition coefficient (Wildman–Crippen LogP) is 0.665. The Morgan fingerprint density at radius 3 is 2.12 bits per heavy atom. The number of anilines is 1. The third kappa shape index (κ3) is 10.4. The summed E-state index contributed by atoms with van der Waals surface area (Å²) in [5, 5.41) is 13.1. The first-order valence-corrected chi connectivity index (χ1v) is 14.1. The number of benzene rings is 2. The van der Waals surface area contributed by atoms with E-state index < -0.39 is 41.6 Å². The van der Waals surface area contributed by atoms with E-state index in [-0.39, 0.29) is 37.1 Å². The lowest BCUT2D eigenvalue weighted by Crippen LogP contribution is -2.57. The summed E-state index contributed by atoms with van der Waals surface area (Å²) in [5.74, 6) is -4.13. The SMILES string of the molecule is CCC(C)[C@@H](C(=O)N[C@@H](CCCN=C(N)N)C(N)=O)N(C)C(=O)C(Cc1ccc(C(=N)N)cc1)C(=O)Nc1ccccc1. The van der Waals surface area contributed by atoms with Crippen LogP contribution >= 0.6 is 0 Å². The van der Waals surface area contributed by atoms with Crippen LogP contribution in [-0.2, 0) is 25.6 Å². The molecule has 232 valence electrons. The number of guanidine groups is 1. The number of primary amides is 1. The van der Waals surface area contributed by atoms with E-state index in [0.29, 0.717) is 29.7 Å². The number of nitrogens with two attached hydrogens (primary N) is 4. The van der Waals surface area contributed by atoms with Gasteiger partial charge in [-0.2, -0.15) is 0 Å². The summed E-state index contributed by atoms with van der Waals surface area (Å²) in [5.41, 5.74) is 23.5. The third-order valence-electron chi connectivity index (χ3n) is 7.18. The van der Waals surface area contributed by atoms with Crippen LogP contribution in [0.2, 0.25) is 0 Å². The summed E-state index contributed by atoms with van der Waals surface area (Å²) in [7, 11) is 1.47. The molecule has 0 spiro atoms. The fourth-order valence-corrected chi connectivity index (χ4v) is 4.57. The van der Waals surface area contributed by atoms with Crippen molar-refractivity contribution >= 4 is 41.1 Å². The van der Waals surface area contributed by atoms with Crippen molar-refractivity contribution in [2.24, 2.45) is 39.8 Å². The molecule has 0 radical (unpaired) electrons. The van der Waals surface area contributed by atoms with Crippen LogP contribution in [0.25, 0.3) is 0 Å². The molecule has 0 saturated carbocycles. The lowest BCUT2D eigenvalue weighted by atomic mass is 9.92. The second-order valence-corrected chi connectivity index (χ2v) is 10.4. The summed E-state index contributed by atoms with van der Waals surface area (Å²) < 4.78 is 0. The molecule has 0 aliphatic carbocycles. The summed E-state index contributed by atoms with van der Waals surface area (Å²) in [6.07, 6.45) is 1.15. The second kappa shape index (κ2) is 16.5. The smallest absolute Gasteiger partial charge is 0.243 e. The van der Waals surface area contributed by atoms with Crippen LogP contribution in [0.4, 0.5) is 5.69 Å². The summed E-state index contributed by atoms with van der Waals surface area (Å²) in [4.78, 5) is 58.4. The first kappa shape index (κ1) is 34.3. The lowest BCUT2D eigenvalue weighted by Gasteiger charge is -2.34. The molecule has 0 heterocycles. The maximum absolute atomic E-state index is 14.0. The molecule has 13 nitrogen and oxygen atoms in total. The zero-order valence-electron chi connectivity index (χ0n) is 24.9. The highest BCUT2D eigenvalue weighted by molar-refractivity contribution is 6.07. The van der Waals surface area contributed by atoms with Gasteiger partial charge in [-0.25, -0.2) is 0 Å². The first-order chi connectivity index (χ1) is 20.3. The van der Waals surface area contributed by atoms with Gasteiger partial charge in [-0.05, 0) is 42.9 Å². The second-order valence-electron chi connectivity index (χ2n) is 10.4. The number of aliphatic imine (C=N–C) groups is 1. The van der Waals surface area contributed by atoms with Crippen molar-refractivity contribution in [2.75, 3.05) is 18.9 Å². The monoisotopic (exact) mass is 593 g/mol. The van der Waals surface area contributed by atoms with Crippen LogP contribution in [0, 0.1) is 17.2 Å². The summed E-state index contributed by atoms with van der Waals surface area (Å²) >= 11 is 0. The van der Waals surface area contributed by atoms with Gasteiger partial charge in [0.05, 0.1) is 0 Å². The highest BCUT2D eigenvalue weighted by atomic mass is 16.2. The van der Waals surface area contributed by atoms with Gasteiger partial charge in [0.15, 0.2) is 5.96 Å². The molecular weight excluding hydrogens is 550 g/mol. The molecule has 11 N–H and O–H groups in total. The number of amidine groups is 1. The lowest BCUT2D eigenvalue weighted by molar-refractivity contribution is -0.147. The number of para-hydroxylation sites is 1. The normalized spacial score (nSPS) is 13.5. The van der Waals surface area contributed by atoms with Gasteiger partial charge in [0.25, 0.3) is 0 Å². The fourth-order valence-electron chi connectivity index (χ4n) is 4.57. The van der Waals surface area contributed by atoms with Gasteiger partial charge in [-0.3, -0.25) is 29.6 Å². The number of nitrogen functional groups attached to an aromatic ring is 1. The number of carbonyl (C=O) groups is 4. The Morgan fingerprint density at radius 2 is 1.58 bits per heavy atom. The first-order valence-electron chi connectivity index (χ1n) is 14.1.